The summed E-state index contributed by atoms with van der Waals surface area (Å²) in [5.74, 6) is -0.214. The highest BCUT2D eigenvalue weighted by Crippen LogP contribution is 2.22. The standard InChI is InChI=1S/C18H20N4O3S/c1-12-8-9-22-11-16(20-17(22)10-12)18(23)21(3)13(2)14-4-6-15(7-5-14)26(19,24)25/h4-11,13H,1-3H3,(H2,19,24,25)/t13-/m0/s1. The van der Waals surface area contributed by atoms with Crippen molar-refractivity contribution in [3.05, 3.63) is 65.6 Å². The van der Waals surface area contributed by atoms with E-state index in [1.54, 1.807) is 34.7 Å². The van der Waals surface area contributed by atoms with Crippen LogP contribution in [0.1, 0.15) is 34.6 Å². The SMILES string of the molecule is Cc1ccn2cc(C(=O)N(C)[C@@H](C)c3ccc(S(N)(=O)=O)cc3)nc2c1. The van der Waals surface area contributed by atoms with Crippen LogP contribution in [0.5, 0.6) is 0 Å². The number of nitrogens with zero attached hydrogens (tertiary/aromatic N) is 3. The van der Waals surface area contributed by atoms with Crippen molar-refractivity contribution < 1.29 is 13.2 Å². The maximum absolute atomic E-state index is 12.8. The smallest absolute Gasteiger partial charge is 0.274 e. The lowest BCUT2D eigenvalue weighted by Gasteiger charge is -2.24. The maximum Gasteiger partial charge on any atom is 0.274 e. The highest BCUT2D eigenvalue weighted by Gasteiger charge is 2.21. The number of carbonyl (C=O) groups is 1. The summed E-state index contributed by atoms with van der Waals surface area (Å²) in [6, 6.07) is 9.78. The molecule has 3 aromatic rings. The monoisotopic (exact) mass is 372 g/mol. The van der Waals surface area contributed by atoms with E-state index in [0.717, 1.165) is 11.1 Å². The molecule has 7 nitrogen and oxygen atoms in total. The van der Waals surface area contributed by atoms with Gasteiger partial charge in [-0.2, -0.15) is 0 Å². The van der Waals surface area contributed by atoms with E-state index in [9.17, 15) is 13.2 Å². The van der Waals surface area contributed by atoms with Crippen LogP contribution < -0.4 is 5.14 Å². The van der Waals surface area contributed by atoms with Crippen LogP contribution in [0.15, 0.2) is 53.7 Å². The minimum Gasteiger partial charge on any atom is -0.334 e. The zero-order valence-corrected chi connectivity index (χ0v) is 15.6. The van der Waals surface area contributed by atoms with Gasteiger partial charge >= 0.3 is 0 Å². The van der Waals surface area contributed by atoms with Crippen LogP contribution in [0.4, 0.5) is 0 Å². The first kappa shape index (κ1) is 18.1. The van der Waals surface area contributed by atoms with Gasteiger partial charge in [0.2, 0.25) is 10.0 Å². The van der Waals surface area contributed by atoms with Crippen molar-refractivity contribution in [2.24, 2.45) is 5.14 Å². The molecular weight excluding hydrogens is 352 g/mol. The van der Waals surface area contributed by atoms with Crippen molar-refractivity contribution in [2.45, 2.75) is 24.8 Å². The molecule has 0 unspecified atom stereocenters. The Hall–Kier alpha value is -2.71. The highest BCUT2D eigenvalue weighted by molar-refractivity contribution is 7.89. The molecule has 0 aliphatic carbocycles. The number of amides is 1. The van der Waals surface area contributed by atoms with Crippen LogP contribution in [0, 0.1) is 6.92 Å². The third-order valence-electron chi connectivity index (χ3n) is 4.43. The molecule has 0 aliphatic rings. The van der Waals surface area contributed by atoms with Gasteiger partial charge in [-0.1, -0.05) is 12.1 Å². The van der Waals surface area contributed by atoms with Crippen molar-refractivity contribution in [1.29, 1.82) is 0 Å². The molecule has 0 bridgehead atoms. The normalized spacial score (nSPS) is 12.9. The number of carbonyl (C=O) groups excluding carboxylic acids is 1. The minimum atomic E-state index is -3.74. The van der Waals surface area contributed by atoms with Gasteiger partial charge in [-0.05, 0) is 49.2 Å². The third-order valence-corrected chi connectivity index (χ3v) is 5.36. The van der Waals surface area contributed by atoms with Gasteiger partial charge in [0, 0.05) is 19.4 Å². The van der Waals surface area contributed by atoms with Gasteiger partial charge in [-0.25, -0.2) is 18.5 Å². The number of rotatable bonds is 4. The quantitative estimate of drug-likeness (QED) is 0.758. The van der Waals surface area contributed by atoms with E-state index in [2.05, 4.69) is 4.98 Å². The summed E-state index contributed by atoms with van der Waals surface area (Å²) in [4.78, 5) is 18.8. The van der Waals surface area contributed by atoms with Gasteiger partial charge in [0.25, 0.3) is 5.91 Å². The molecule has 0 saturated heterocycles. The molecule has 26 heavy (non-hydrogen) atoms. The number of pyridine rings is 1. The van der Waals surface area contributed by atoms with Crippen molar-refractivity contribution in [3.63, 3.8) is 0 Å². The second-order valence-corrected chi connectivity index (χ2v) is 7.86. The van der Waals surface area contributed by atoms with Gasteiger partial charge in [-0.15, -0.1) is 0 Å². The second kappa shape index (κ2) is 6.54. The van der Waals surface area contributed by atoms with Gasteiger partial charge < -0.3 is 9.30 Å². The van der Waals surface area contributed by atoms with Crippen LogP contribution in [-0.4, -0.2) is 35.7 Å². The Morgan fingerprint density at radius 2 is 1.88 bits per heavy atom. The zero-order valence-electron chi connectivity index (χ0n) is 14.7. The largest absolute Gasteiger partial charge is 0.334 e. The lowest BCUT2D eigenvalue weighted by molar-refractivity contribution is 0.0737. The molecule has 1 amide bonds. The number of imidazole rings is 1. The van der Waals surface area contributed by atoms with E-state index in [1.165, 1.54) is 12.1 Å². The number of fused-ring (bicyclic) bond motifs is 1. The summed E-state index contributed by atoms with van der Waals surface area (Å²) in [6.45, 7) is 3.83. The van der Waals surface area contributed by atoms with Gasteiger partial charge in [0.15, 0.2) is 0 Å². The van der Waals surface area contributed by atoms with E-state index in [1.807, 2.05) is 32.2 Å². The molecule has 0 spiro atoms. The number of hydrogen-bond donors (Lipinski definition) is 1. The summed E-state index contributed by atoms with van der Waals surface area (Å²) in [5.41, 5.74) is 2.93. The molecule has 136 valence electrons. The fourth-order valence-electron chi connectivity index (χ4n) is 2.70. The Balaban J connectivity index is 1.84. The van der Waals surface area contributed by atoms with E-state index < -0.39 is 10.0 Å². The molecule has 1 atom stereocenters. The van der Waals surface area contributed by atoms with Gasteiger partial charge in [-0.3, -0.25) is 4.79 Å². The molecule has 0 fully saturated rings. The minimum absolute atomic E-state index is 0.0400. The van der Waals surface area contributed by atoms with E-state index in [0.29, 0.717) is 11.3 Å². The molecule has 2 aromatic heterocycles. The topological polar surface area (TPSA) is 97.8 Å². The first-order valence-electron chi connectivity index (χ1n) is 8.02. The predicted molar refractivity (Wildman–Crippen MR) is 98.3 cm³/mol. The molecule has 2 heterocycles. The third kappa shape index (κ3) is 3.47. The Morgan fingerprint density at radius 3 is 2.50 bits per heavy atom. The molecular formula is C18H20N4O3S. The van der Waals surface area contributed by atoms with Gasteiger partial charge in [0.1, 0.15) is 11.3 Å². The highest BCUT2D eigenvalue weighted by atomic mass is 32.2. The van der Waals surface area contributed by atoms with E-state index in [4.69, 9.17) is 5.14 Å². The first-order valence-corrected chi connectivity index (χ1v) is 9.57. The van der Waals surface area contributed by atoms with Crippen molar-refractivity contribution in [2.75, 3.05) is 7.05 Å². The van der Waals surface area contributed by atoms with E-state index >= 15 is 0 Å². The van der Waals surface area contributed by atoms with Gasteiger partial charge in [0.05, 0.1) is 10.9 Å². The number of sulfonamides is 1. The van der Waals surface area contributed by atoms with Crippen LogP contribution in [0.2, 0.25) is 0 Å². The molecule has 8 heteroatoms. The number of aryl methyl sites for hydroxylation is 1. The Bertz CT molecular complexity index is 1070. The number of aromatic nitrogens is 2. The number of primary sulfonamides is 1. The molecule has 0 saturated carbocycles. The van der Waals surface area contributed by atoms with Crippen LogP contribution >= 0.6 is 0 Å². The average molecular weight is 372 g/mol. The number of nitrogens with two attached hydrogens (primary N) is 1. The lowest BCUT2D eigenvalue weighted by Crippen LogP contribution is -2.30. The zero-order chi connectivity index (χ0) is 19.1. The van der Waals surface area contributed by atoms with Crippen molar-refractivity contribution in [1.82, 2.24) is 14.3 Å². The summed E-state index contributed by atoms with van der Waals surface area (Å²) >= 11 is 0. The number of benzene rings is 1. The van der Waals surface area contributed by atoms with E-state index in [-0.39, 0.29) is 16.8 Å². The average Bonchev–Trinajstić information content (AvgIpc) is 3.02. The molecule has 0 aliphatic heterocycles. The molecule has 1 aromatic carbocycles. The predicted octanol–water partition coefficient (Wildman–Crippen LogP) is 2.12. The lowest BCUT2D eigenvalue weighted by atomic mass is 10.1. The fraction of sp³-hybridized carbons (Fsp3) is 0.222. The van der Waals surface area contributed by atoms with Crippen molar-refractivity contribution >= 4 is 21.6 Å². The summed E-state index contributed by atoms with van der Waals surface area (Å²) in [7, 11) is -2.05. The summed E-state index contributed by atoms with van der Waals surface area (Å²) < 4.78 is 24.5. The molecule has 3 rings (SSSR count). The second-order valence-electron chi connectivity index (χ2n) is 6.30. The Labute approximate surface area is 152 Å². The Morgan fingerprint density at radius 1 is 1.23 bits per heavy atom. The van der Waals surface area contributed by atoms with Crippen molar-refractivity contribution in [3.8, 4) is 0 Å². The molecule has 0 radical (unpaired) electrons. The number of hydrogen-bond acceptors (Lipinski definition) is 4. The van der Waals surface area contributed by atoms with Crippen LogP contribution in [-0.2, 0) is 10.0 Å². The summed E-state index contributed by atoms with van der Waals surface area (Å²) in [5, 5.41) is 5.11. The Kier molecular flexibility index (Phi) is 4.55. The summed E-state index contributed by atoms with van der Waals surface area (Å²) in [6.07, 6.45) is 3.56. The molecule has 2 N–H and O–H groups in total. The first-order chi connectivity index (χ1) is 12.2. The maximum atomic E-state index is 12.8. The van der Waals surface area contributed by atoms with Crippen LogP contribution in [0.3, 0.4) is 0 Å². The van der Waals surface area contributed by atoms with Crippen LogP contribution in [0.25, 0.3) is 5.65 Å². The fourth-order valence-corrected chi connectivity index (χ4v) is 3.22.